The average Bonchev–Trinajstić information content (AvgIpc) is 3.07. The van der Waals surface area contributed by atoms with E-state index in [0.29, 0.717) is 36.1 Å². The van der Waals surface area contributed by atoms with Crippen molar-refractivity contribution in [2.45, 2.75) is 26.0 Å². The van der Waals surface area contributed by atoms with Crippen molar-refractivity contribution in [3.8, 4) is 11.3 Å². The van der Waals surface area contributed by atoms with Gasteiger partial charge in [0.15, 0.2) is 0 Å². The van der Waals surface area contributed by atoms with Gasteiger partial charge in [-0.15, -0.1) is 0 Å². The minimum atomic E-state index is -0.574. The first-order chi connectivity index (χ1) is 13.0. The lowest BCUT2D eigenvalue weighted by Gasteiger charge is -2.19. The smallest absolute Gasteiger partial charge is 0.251 e. The fraction of sp³-hybridized carbons (Fsp3) is 0.421. The summed E-state index contributed by atoms with van der Waals surface area (Å²) in [5.74, 6) is 0.734. The molecule has 1 aromatic carbocycles. The largest absolute Gasteiger partial charge is 0.390 e. The van der Waals surface area contributed by atoms with Gasteiger partial charge in [0.25, 0.3) is 5.91 Å². The number of hydrogen-bond acceptors (Lipinski definition) is 7. The van der Waals surface area contributed by atoms with Gasteiger partial charge in [0.2, 0.25) is 5.95 Å². The van der Waals surface area contributed by atoms with Crippen molar-refractivity contribution in [2.75, 3.05) is 36.8 Å². The van der Waals surface area contributed by atoms with Crippen molar-refractivity contribution >= 4 is 17.7 Å². The Labute approximate surface area is 158 Å². The second kappa shape index (κ2) is 8.32. The molecule has 2 aromatic rings. The summed E-state index contributed by atoms with van der Waals surface area (Å²) in [5, 5.41) is 15.8. The number of benzene rings is 1. The normalized spacial score (nSPS) is 19.1. The first-order valence-electron chi connectivity index (χ1n) is 9.21. The standard InChI is InChI=1S/C19H26N6O2/c1-3-25(4-2)19-23-14(9-17(20)24-19)12-6-5-7-13(8-12)18(27)22-15-10-21-11-16(15)26/h5-9,15-16,21,26H,3-4,10-11H2,1-2H3,(H,22,27)(H2,20,23,24)/t15-,16-/m1/s1. The van der Waals surface area contributed by atoms with Gasteiger partial charge in [-0.1, -0.05) is 12.1 Å². The van der Waals surface area contributed by atoms with Crippen LogP contribution in [0.15, 0.2) is 30.3 Å². The van der Waals surface area contributed by atoms with Gasteiger partial charge in [-0.25, -0.2) is 4.98 Å². The van der Waals surface area contributed by atoms with Crippen LogP contribution in [-0.4, -0.2) is 59.3 Å². The number of aliphatic hydroxyl groups is 1. The lowest BCUT2D eigenvalue weighted by atomic mass is 10.1. The van der Waals surface area contributed by atoms with Gasteiger partial charge in [-0.05, 0) is 26.0 Å². The van der Waals surface area contributed by atoms with E-state index >= 15 is 0 Å². The van der Waals surface area contributed by atoms with Crippen molar-refractivity contribution in [3.05, 3.63) is 35.9 Å². The van der Waals surface area contributed by atoms with Gasteiger partial charge in [-0.2, -0.15) is 4.98 Å². The molecule has 1 aliphatic heterocycles. The molecule has 0 aliphatic carbocycles. The van der Waals surface area contributed by atoms with E-state index < -0.39 is 6.10 Å². The molecule has 1 saturated heterocycles. The van der Waals surface area contributed by atoms with Crippen LogP contribution in [0, 0.1) is 0 Å². The van der Waals surface area contributed by atoms with E-state index in [0.717, 1.165) is 18.7 Å². The third kappa shape index (κ3) is 4.35. The highest BCUT2D eigenvalue weighted by Crippen LogP contribution is 2.23. The molecular weight excluding hydrogens is 344 g/mol. The quantitative estimate of drug-likeness (QED) is 0.589. The molecule has 0 spiro atoms. The monoisotopic (exact) mass is 370 g/mol. The van der Waals surface area contributed by atoms with E-state index in [-0.39, 0.29) is 11.9 Å². The SMILES string of the molecule is CCN(CC)c1nc(N)cc(-c2cccc(C(=O)N[C@@H]3CNC[C@H]3O)c2)n1. The predicted octanol–water partition coefficient (Wildman–Crippen LogP) is 0.635. The third-order valence-corrected chi connectivity index (χ3v) is 4.70. The number of nitrogen functional groups attached to an aromatic ring is 1. The number of carbonyl (C=O) groups excluding carboxylic acids is 1. The summed E-state index contributed by atoms with van der Waals surface area (Å²) in [4.78, 5) is 23.5. The highest BCUT2D eigenvalue weighted by Gasteiger charge is 2.26. The number of aromatic nitrogens is 2. The average molecular weight is 370 g/mol. The van der Waals surface area contributed by atoms with Crippen LogP contribution in [0.4, 0.5) is 11.8 Å². The van der Waals surface area contributed by atoms with Gasteiger partial charge >= 0.3 is 0 Å². The van der Waals surface area contributed by atoms with Gasteiger partial charge in [-0.3, -0.25) is 4.79 Å². The number of rotatable bonds is 6. The molecule has 3 rings (SSSR count). The number of nitrogens with two attached hydrogens (primary N) is 1. The summed E-state index contributed by atoms with van der Waals surface area (Å²) in [7, 11) is 0. The first-order valence-corrected chi connectivity index (χ1v) is 9.21. The van der Waals surface area contributed by atoms with Crippen LogP contribution in [0.3, 0.4) is 0 Å². The Kier molecular flexibility index (Phi) is 5.88. The zero-order chi connectivity index (χ0) is 19.4. The highest BCUT2D eigenvalue weighted by molar-refractivity contribution is 5.95. The number of β-amino-alcohol motifs (C(OH)–C–C–N with tert-alkyl or cyclic N) is 1. The first kappa shape index (κ1) is 19.1. The van der Waals surface area contributed by atoms with E-state index in [2.05, 4.69) is 20.6 Å². The number of carbonyl (C=O) groups is 1. The van der Waals surface area contributed by atoms with E-state index in [1.807, 2.05) is 30.9 Å². The van der Waals surface area contributed by atoms with Crippen LogP contribution in [0.2, 0.25) is 0 Å². The number of amides is 1. The second-order valence-electron chi connectivity index (χ2n) is 6.54. The number of aliphatic hydroxyl groups excluding tert-OH is 1. The summed E-state index contributed by atoms with van der Waals surface area (Å²) in [6.45, 7) is 6.67. The van der Waals surface area contributed by atoms with E-state index in [1.54, 1.807) is 18.2 Å². The fourth-order valence-electron chi connectivity index (χ4n) is 3.13. The maximum Gasteiger partial charge on any atom is 0.251 e. The van der Waals surface area contributed by atoms with Gasteiger partial charge in [0.05, 0.1) is 17.8 Å². The van der Waals surface area contributed by atoms with E-state index in [9.17, 15) is 9.90 Å². The van der Waals surface area contributed by atoms with Crippen LogP contribution in [0.5, 0.6) is 0 Å². The molecule has 2 heterocycles. The summed E-state index contributed by atoms with van der Waals surface area (Å²) in [6.07, 6.45) is -0.574. The molecular formula is C19H26N6O2. The highest BCUT2D eigenvalue weighted by atomic mass is 16.3. The van der Waals surface area contributed by atoms with Crippen molar-refractivity contribution < 1.29 is 9.90 Å². The Morgan fingerprint density at radius 1 is 1.30 bits per heavy atom. The number of nitrogens with one attached hydrogen (secondary N) is 2. The van der Waals surface area contributed by atoms with Crippen LogP contribution >= 0.6 is 0 Å². The van der Waals surface area contributed by atoms with Crippen molar-refractivity contribution in [1.29, 1.82) is 0 Å². The van der Waals surface area contributed by atoms with Gasteiger partial charge in [0, 0.05) is 43.4 Å². The molecule has 0 unspecified atom stereocenters. The van der Waals surface area contributed by atoms with Crippen LogP contribution in [0.1, 0.15) is 24.2 Å². The summed E-state index contributed by atoms with van der Waals surface area (Å²) in [6, 6.07) is 8.63. The molecule has 5 N–H and O–H groups in total. The van der Waals surface area contributed by atoms with Gasteiger partial charge in [0.1, 0.15) is 5.82 Å². The van der Waals surface area contributed by atoms with Crippen molar-refractivity contribution in [2.24, 2.45) is 0 Å². The maximum absolute atomic E-state index is 12.5. The molecule has 1 fully saturated rings. The lowest BCUT2D eigenvalue weighted by molar-refractivity contribution is 0.0888. The Balaban J connectivity index is 1.86. The maximum atomic E-state index is 12.5. The Morgan fingerprint density at radius 2 is 2.07 bits per heavy atom. The Bertz CT molecular complexity index is 809. The molecule has 8 nitrogen and oxygen atoms in total. The topological polar surface area (TPSA) is 116 Å². The molecule has 0 bridgehead atoms. The fourth-order valence-corrected chi connectivity index (χ4v) is 3.13. The second-order valence-corrected chi connectivity index (χ2v) is 6.54. The minimum Gasteiger partial charge on any atom is -0.390 e. The molecule has 8 heteroatoms. The molecule has 1 aliphatic rings. The van der Waals surface area contributed by atoms with Crippen molar-refractivity contribution in [1.82, 2.24) is 20.6 Å². The molecule has 0 saturated carbocycles. The molecule has 27 heavy (non-hydrogen) atoms. The predicted molar refractivity (Wildman–Crippen MR) is 106 cm³/mol. The summed E-state index contributed by atoms with van der Waals surface area (Å²) < 4.78 is 0. The molecule has 1 aromatic heterocycles. The molecule has 2 atom stereocenters. The zero-order valence-corrected chi connectivity index (χ0v) is 15.6. The Hall–Kier alpha value is -2.71. The minimum absolute atomic E-state index is 0.226. The zero-order valence-electron chi connectivity index (χ0n) is 15.6. The summed E-state index contributed by atoms with van der Waals surface area (Å²) in [5.41, 5.74) is 7.94. The Morgan fingerprint density at radius 3 is 2.74 bits per heavy atom. The van der Waals surface area contributed by atoms with E-state index in [4.69, 9.17) is 5.73 Å². The molecule has 0 radical (unpaired) electrons. The lowest BCUT2D eigenvalue weighted by Crippen LogP contribution is -2.42. The molecule has 1 amide bonds. The van der Waals surface area contributed by atoms with Crippen LogP contribution in [-0.2, 0) is 0 Å². The van der Waals surface area contributed by atoms with Crippen LogP contribution in [0.25, 0.3) is 11.3 Å². The number of anilines is 2. The third-order valence-electron chi connectivity index (χ3n) is 4.70. The van der Waals surface area contributed by atoms with Gasteiger partial charge < -0.3 is 26.4 Å². The number of nitrogens with zero attached hydrogens (tertiary/aromatic N) is 3. The van der Waals surface area contributed by atoms with Crippen molar-refractivity contribution in [3.63, 3.8) is 0 Å². The van der Waals surface area contributed by atoms with E-state index in [1.165, 1.54) is 0 Å². The van der Waals surface area contributed by atoms with Crippen LogP contribution < -0.4 is 21.3 Å². The number of hydrogen-bond donors (Lipinski definition) is 4. The summed E-state index contributed by atoms with van der Waals surface area (Å²) >= 11 is 0. The molecule has 144 valence electrons.